The van der Waals surface area contributed by atoms with Gasteiger partial charge in [-0.15, -0.1) is 0 Å². The first-order valence-electron chi connectivity index (χ1n) is 4.52. The minimum atomic E-state index is 1.12. The second-order valence-electron chi connectivity index (χ2n) is 3.15. The van der Waals surface area contributed by atoms with E-state index in [9.17, 15) is 0 Å². The number of hydrogen-bond acceptors (Lipinski definition) is 1. The van der Waals surface area contributed by atoms with Crippen molar-refractivity contribution in [1.82, 2.24) is 0 Å². The Morgan fingerprint density at radius 3 is 1.93 bits per heavy atom. The van der Waals surface area contributed by atoms with Crippen molar-refractivity contribution in [3.63, 3.8) is 0 Å². The van der Waals surface area contributed by atoms with Gasteiger partial charge >= 0.3 is 0 Å². The van der Waals surface area contributed by atoms with E-state index in [2.05, 4.69) is 80.8 Å². The molecule has 0 saturated heterocycles. The van der Waals surface area contributed by atoms with Crippen LogP contribution in [0, 0.1) is 7.14 Å². The van der Waals surface area contributed by atoms with Crippen molar-refractivity contribution in [3.8, 4) is 0 Å². The number of nitrogens with one attached hydrogen (secondary N) is 1. The summed E-state index contributed by atoms with van der Waals surface area (Å²) in [5.41, 5.74) is 2.26. The monoisotopic (exact) mass is 421 g/mol. The molecule has 2 aromatic rings. The van der Waals surface area contributed by atoms with Gasteiger partial charge in [-0.3, -0.25) is 0 Å². The lowest BCUT2D eigenvalue weighted by molar-refractivity contribution is 1.51. The molecule has 3 heteroatoms. The van der Waals surface area contributed by atoms with Crippen LogP contribution in [0.4, 0.5) is 11.4 Å². The predicted molar refractivity (Wildman–Crippen MR) is 81.6 cm³/mol. The van der Waals surface area contributed by atoms with Gasteiger partial charge in [-0.2, -0.15) is 0 Å². The van der Waals surface area contributed by atoms with E-state index in [0.717, 1.165) is 11.4 Å². The summed E-state index contributed by atoms with van der Waals surface area (Å²) in [6, 6.07) is 16.6. The molecular formula is C12H9I2N. The zero-order valence-electron chi connectivity index (χ0n) is 7.87. The van der Waals surface area contributed by atoms with Gasteiger partial charge in [0.15, 0.2) is 0 Å². The van der Waals surface area contributed by atoms with Crippen LogP contribution < -0.4 is 5.32 Å². The molecule has 0 aliphatic heterocycles. The van der Waals surface area contributed by atoms with E-state index in [-0.39, 0.29) is 0 Å². The van der Waals surface area contributed by atoms with E-state index in [1.165, 1.54) is 7.14 Å². The minimum Gasteiger partial charge on any atom is -0.355 e. The van der Waals surface area contributed by atoms with Crippen LogP contribution in [-0.4, -0.2) is 0 Å². The molecule has 0 saturated carbocycles. The van der Waals surface area contributed by atoms with Gasteiger partial charge < -0.3 is 5.32 Å². The third-order valence-corrected chi connectivity index (χ3v) is 3.17. The second-order valence-corrected chi connectivity index (χ2v) is 5.64. The molecule has 0 amide bonds. The van der Waals surface area contributed by atoms with Crippen molar-refractivity contribution in [3.05, 3.63) is 55.7 Å². The second kappa shape index (κ2) is 5.16. The molecule has 1 N–H and O–H groups in total. The van der Waals surface area contributed by atoms with Gasteiger partial charge in [0.25, 0.3) is 0 Å². The molecule has 0 fully saturated rings. The molecule has 0 radical (unpaired) electrons. The van der Waals surface area contributed by atoms with Crippen LogP contribution in [0.15, 0.2) is 48.5 Å². The maximum atomic E-state index is 3.38. The van der Waals surface area contributed by atoms with Crippen LogP contribution in [0.25, 0.3) is 0 Å². The zero-order valence-corrected chi connectivity index (χ0v) is 12.2. The van der Waals surface area contributed by atoms with Gasteiger partial charge in [0.2, 0.25) is 0 Å². The molecule has 0 aliphatic rings. The fraction of sp³-hybridized carbons (Fsp3) is 0. The van der Waals surface area contributed by atoms with Crippen molar-refractivity contribution >= 4 is 56.6 Å². The predicted octanol–water partition coefficient (Wildman–Crippen LogP) is 4.64. The Labute approximate surface area is 117 Å². The third-order valence-electron chi connectivity index (χ3n) is 1.93. The average Bonchev–Trinajstić information content (AvgIpc) is 2.17. The Morgan fingerprint density at radius 1 is 0.733 bits per heavy atom. The highest BCUT2D eigenvalue weighted by Crippen LogP contribution is 2.21. The summed E-state index contributed by atoms with van der Waals surface area (Å²) in [5.74, 6) is 0. The molecule has 2 rings (SSSR count). The van der Waals surface area contributed by atoms with Gasteiger partial charge in [0.1, 0.15) is 0 Å². The molecule has 15 heavy (non-hydrogen) atoms. The van der Waals surface area contributed by atoms with Crippen molar-refractivity contribution < 1.29 is 0 Å². The molecule has 0 atom stereocenters. The molecule has 0 unspecified atom stereocenters. The first kappa shape index (κ1) is 11.2. The van der Waals surface area contributed by atoms with Crippen molar-refractivity contribution in [2.24, 2.45) is 0 Å². The lowest BCUT2D eigenvalue weighted by Crippen LogP contribution is -1.90. The number of rotatable bonds is 2. The van der Waals surface area contributed by atoms with Crippen LogP contribution in [0.1, 0.15) is 0 Å². The molecule has 0 bridgehead atoms. The van der Waals surface area contributed by atoms with Crippen LogP contribution in [0.5, 0.6) is 0 Å². The van der Waals surface area contributed by atoms with E-state index in [1.807, 2.05) is 18.2 Å². The summed E-state index contributed by atoms with van der Waals surface area (Å²) in [4.78, 5) is 0. The van der Waals surface area contributed by atoms with Gasteiger partial charge in [-0.05, 0) is 75.5 Å². The molecule has 1 nitrogen and oxygen atoms in total. The van der Waals surface area contributed by atoms with Gasteiger partial charge in [0, 0.05) is 18.5 Å². The van der Waals surface area contributed by atoms with Gasteiger partial charge in [-0.25, -0.2) is 0 Å². The molecule has 0 aliphatic carbocycles. The summed E-state index contributed by atoms with van der Waals surface area (Å²) >= 11 is 4.66. The van der Waals surface area contributed by atoms with Crippen LogP contribution in [0.2, 0.25) is 0 Å². The molecule has 0 spiro atoms. The first-order valence-corrected chi connectivity index (χ1v) is 6.68. The highest BCUT2D eigenvalue weighted by Gasteiger charge is 1.97. The van der Waals surface area contributed by atoms with Crippen LogP contribution in [0.3, 0.4) is 0 Å². The molecule has 2 aromatic carbocycles. The fourth-order valence-electron chi connectivity index (χ4n) is 1.31. The first-order chi connectivity index (χ1) is 7.24. The lowest BCUT2D eigenvalue weighted by Gasteiger charge is -2.07. The standard InChI is InChI=1S/C12H9I2N/c13-9-6-10(14)8-12(7-9)15-11-4-2-1-3-5-11/h1-8,15H. The SMILES string of the molecule is Ic1cc(I)cc(Nc2ccccc2)c1. The number of para-hydroxylation sites is 1. The lowest BCUT2D eigenvalue weighted by atomic mass is 10.3. The summed E-state index contributed by atoms with van der Waals surface area (Å²) in [7, 11) is 0. The Kier molecular flexibility index (Phi) is 3.85. The van der Waals surface area contributed by atoms with Crippen LogP contribution >= 0.6 is 45.2 Å². The Bertz CT molecular complexity index is 434. The van der Waals surface area contributed by atoms with E-state index in [4.69, 9.17) is 0 Å². The normalized spacial score (nSPS) is 10.0. The Morgan fingerprint density at radius 2 is 1.33 bits per heavy atom. The maximum absolute atomic E-state index is 3.38. The highest BCUT2D eigenvalue weighted by molar-refractivity contribution is 14.1. The van der Waals surface area contributed by atoms with Gasteiger partial charge in [0.05, 0.1) is 0 Å². The number of halogens is 2. The van der Waals surface area contributed by atoms with E-state index < -0.39 is 0 Å². The topological polar surface area (TPSA) is 12.0 Å². The van der Waals surface area contributed by atoms with Crippen LogP contribution in [-0.2, 0) is 0 Å². The van der Waals surface area contributed by atoms with E-state index in [1.54, 1.807) is 0 Å². The summed E-state index contributed by atoms with van der Waals surface area (Å²) in [6.07, 6.45) is 0. The third kappa shape index (κ3) is 3.34. The Hall–Kier alpha value is -0.300. The van der Waals surface area contributed by atoms with Crippen molar-refractivity contribution in [1.29, 1.82) is 0 Å². The largest absolute Gasteiger partial charge is 0.355 e. The zero-order chi connectivity index (χ0) is 10.7. The molecule has 0 aromatic heterocycles. The summed E-state index contributed by atoms with van der Waals surface area (Å²) in [6.45, 7) is 0. The van der Waals surface area contributed by atoms with Crippen molar-refractivity contribution in [2.45, 2.75) is 0 Å². The Balaban J connectivity index is 2.25. The number of benzene rings is 2. The number of hydrogen-bond donors (Lipinski definition) is 1. The molecular weight excluding hydrogens is 412 g/mol. The fourth-order valence-corrected chi connectivity index (χ4v) is 3.25. The maximum Gasteiger partial charge on any atom is 0.0405 e. The smallest absolute Gasteiger partial charge is 0.0405 e. The summed E-state index contributed by atoms with van der Waals surface area (Å²) < 4.78 is 2.50. The minimum absolute atomic E-state index is 1.12. The quantitative estimate of drug-likeness (QED) is 0.698. The number of anilines is 2. The van der Waals surface area contributed by atoms with E-state index >= 15 is 0 Å². The molecule has 0 heterocycles. The van der Waals surface area contributed by atoms with E-state index in [0.29, 0.717) is 0 Å². The van der Waals surface area contributed by atoms with Crippen molar-refractivity contribution in [2.75, 3.05) is 5.32 Å². The van der Waals surface area contributed by atoms with Gasteiger partial charge in [-0.1, -0.05) is 18.2 Å². The highest BCUT2D eigenvalue weighted by atomic mass is 127. The average molecular weight is 421 g/mol. The summed E-state index contributed by atoms with van der Waals surface area (Å²) in [5, 5.41) is 3.38. The molecule has 76 valence electrons.